The molecule has 0 aliphatic rings. The number of nitrogens with zero attached hydrogens (tertiary/aromatic N) is 2. The number of anilines is 2. The lowest BCUT2D eigenvalue weighted by atomic mass is 10.2. The molecule has 0 fully saturated rings. The average Bonchev–Trinajstić information content (AvgIpc) is 2.63. The topological polar surface area (TPSA) is 48.7 Å². The van der Waals surface area contributed by atoms with E-state index in [2.05, 4.69) is 15.8 Å². The molecule has 6 heteroatoms. The van der Waals surface area contributed by atoms with E-state index in [1.165, 1.54) is 29.7 Å². The highest BCUT2D eigenvalue weighted by Crippen LogP contribution is 2.31. The van der Waals surface area contributed by atoms with Crippen LogP contribution in [0.5, 0.6) is 0 Å². The van der Waals surface area contributed by atoms with Crippen molar-refractivity contribution >= 4 is 33.8 Å². The molecular formula is C11H7ClFN3S. The normalized spacial score (nSPS) is 10.0. The van der Waals surface area contributed by atoms with E-state index in [1.54, 1.807) is 6.92 Å². The van der Waals surface area contributed by atoms with Crippen LogP contribution in [0.1, 0.15) is 11.3 Å². The number of rotatable bonds is 2. The summed E-state index contributed by atoms with van der Waals surface area (Å²) in [6.07, 6.45) is 0. The van der Waals surface area contributed by atoms with Gasteiger partial charge in [0.25, 0.3) is 0 Å². The fourth-order valence-corrected chi connectivity index (χ4v) is 2.27. The molecule has 2 rings (SSSR count). The number of nitrogens with one attached hydrogen (secondary N) is 1. The van der Waals surface area contributed by atoms with Gasteiger partial charge in [0, 0.05) is 0 Å². The number of halogens is 2. The summed E-state index contributed by atoms with van der Waals surface area (Å²) in [5, 5.41) is 12.8. The molecule has 1 N–H and O–H groups in total. The Kier molecular flexibility index (Phi) is 3.27. The minimum Gasteiger partial charge on any atom is -0.344 e. The third-order valence-corrected chi connectivity index (χ3v) is 3.32. The summed E-state index contributed by atoms with van der Waals surface area (Å²) in [6.45, 7) is 1.76. The molecule has 3 nitrogen and oxygen atoms in total. The van der Waals surface area contributed by atoms with Gasteiger partial charge in [0.05, 0.1) is 16.4 Å². The second kappa shape index (κ2) is 4.70. The maximum atomic E-state index is 12.9. The minimum atomic E-state index is -0.401. The third-order valence-electron chi connectivity index (χ3n) is 2.15. The molecule has 17 heavy (non-hydrogen) atoms. The largest absolute Gasteiger partial charge is 0.344 e. The van der Waals surface area contributed by atoms with Crippen molar-refractivity contribution in [1.29, 1.82) is 5.26 Å². The van der Waals surface area contributed by atoms with E-state index >= 15 is 0 Å². The van der Waals surface area contributed by atoms with Crippen LogP contribution in [0.15, 0.2) is 18.2 Å². The number of aryl methyl sites for hydroxylation is 1. The predicted octanol–water partition coefficient (Wildman–Crippen LogP) is 3.86. The van der Waals surface area contributed by atoms with Crippen LogP contribution in [0.2, 0.25) is 5.02 Å². The molecule has 2 aromatic rings. The van der Waals surface area contributed by atoms with Gasteiger partial charge in [-0.1, -0.05) is 11.6 Å². The lowest BCUT2D eigenvalue weighted by Crippen LogP contribution is -1.92. The molecule has 0 amide bonds. The maximum Gasteiger partial charge on any atom is 0.132 e. The Labute approximate surface area is 107 Å². The maximum absolute atomic E-state index is 12.9. The Balaban J connectivity index is 2.35. The molecule has 0 bridgehead atoms. The summed E-state index contributed by atoms with van der Waals surface area (Å²) in [7, 11) is 0. The first-order valence-corrected chi connectivity index (χ1v) is 5.85. The van der Waals surface area contributed by atoms with Gasteiger partial charge in [-0.25, -0.2) is 4.39 Å². The quantitative estimate of drug-likeness (QED) is 0.899. The smallest absolute Gasteiger partial charge is 0.132 e. The molecule has 1 heterocycles. The van der Waals surface area contributed by atoms with Crippen molar-refractivity contribution in [1.82, 2.24) is 4.37 Å². The Hall–Kier alpha value is -1.64. The molecule has 0 radical (unpaired) electrons. The summed E-state index contributed by atoms with van der Waals surface area (Å²) >= 11 is 7.05. The summed E-state index contributed by atoms with van der Waals surface area (Å²) in [4.78, 5) is 0. The SMILES string of the molecule is Cc1nsc(Nc2ccc(F)cc2Cl)c1C#N. The number of hydrogen-bond donors (Lipinski definition) is 1. The van der Waals surface area contributed by atoms with Gasteiger partial charge in [0.1, 0.15) is 22.5 Å². The zero-order valence-corrected chi connectivity index (χ0v) is 10.4. The number of nitriles is 1. The van der Waals surface area contributed by atoms with Gasteiger partial charge >= 0.3 is 0 Å². The van der Waals surface area contributed by atoms with E-state index in [4.69, 9.17) is 16.9 Å². The average molecular weight is 268 g/mol. The van der Waals surface area contributed by atoms with Crippen LogP contribution >= 0.6 is 23.1 Å². The van der Waals surface area contributed by atoms with Crippen LogP contribution in [0, 0.1) is 24.1 Å². The van der Waals surface area contributed by atoms with E-state index in [-0.39, 0.29) is 5.02 Å². The molecule has 1 aromatic heterocycles. The van der Waals surface area contributed by atoms with Crippen molar-refractivity contribution in [3.63, 3.8) is 0 Å². The highest BCUT2D eigenvalue weighted by molar-refractivity contribution is 7.10. The Morgan fingerprint density at radius 2 is 2.29 bits per heavy atom. The van der Waals surface area contributed by atoms with Crippen molar-refractivity contribution in [3.05, 3.63) is 40.3 Å². The van der Waals surface area contributed by atoms with Gasteiger partial charge in [-0.05, 0) is 36.7 Å². The zero-order valence-electron chi connectivity index (χ0n) is 8.79. The van der Waals surface area contributed by atoms with Crippen LogP contribution < -0.4 is 5.32 Å². The number of hydrogen-bond acceptors (Lipinski definition) is 4. The predicted molar refractivity (Wildman–Crippen MR) is 66.3 cm³/mol. The van der Waals surface area contributed by atoms with E-state index in [0.29, 0.717) is 21.9 Å². The monoisotopic (exact) mass is 267 g/mol. The van der Waals surface area contributed by atoms with Gasteiger partial charge in [-0.15, -0.1) is 0 Å². The molecular weight excluding hydrogens is 261 g/mol. The van der Waals surface area contributed by atoms with E-state index < -0.39 is 5.82 Å². The summed E-state index contributed by atoms with van der Waals surface area (Å²) in [5.41, 5.74) is 1.70. The van der Waals surface area contributed by atoms with Gasteiger partial charge in [0.2, 0.25) is 0 Å². The highest BCUT2D eigenvalue weighted by atomic mass is 35.5. The molecule has 0 atom stereocenters. The van der Waals surface area contributed by atoms with Gasteiger partial charge < -0.3 is 5.32 Å². The number of benzene rings is 1. The first kappa shape index (κ1) is 11.8. The Morgan fingerprint density at radius 3 is 2.94 bits per heavy atom. The Bertz CT molecular complexity index is 603. The van der Waals surface area contributed by atoms with E-state index in [1.807, 2.05) is 0 Å². The molecule has 0 unspecified atom stereocenters. The molecule has 0 aliphatic heterocycles. The fourth-order valence-electron chi connectivity index (χ4n) is 1.30. The number of aromatic nitrogens is 1. The second-order valence-electron chi connectivity index (χ2n) is 3.33. The van der Waals surface area contributed by atoms with E-state index in [0.717, 1.165) is 0 Å². The van der Waals surface area contributed by atoms with E-state index in [9.17, 15) is 4.39 Å². The van der Waals surface area contributed by atoms with Crippen LogP contribution in [-0.4, -0.2) is 4.37 Å². The molecule has 0 saturated heterocycles. The van der Waals surface area contributed by atoms with Crippen molar-refractivity contribution < 1.29 is 4.39 Å². The summed E-state index contributed by atoms with van der Waals surface area (Å²) in [6, 6.07) is 6.10. The molecule has 86 valence electrons. The summed E-state index contributed by atoms with van der Waals surface area (Å²) < 4.78 is 16.9. The van der Waals surface area contributed by atoms with Crippen molar-refractivity contribution in [2.45, 2.75) is 6.92 Å². The summed E-state index contributed by atoms with van der Waals surface area (Å²) in [5.74, 6) is -0.401. The first-order valence-electron chi connectivity index (χ1n) is 4.70. The van der Waals surface area contributed by atoms with Gasteiger partial charge in [-0.2, -0.15) is 9.64 Å². The first-order chi connectivity index (χ1) is 8.11. The third kappa shape index (κ3) is 2.38. The Morgan fingerprint density at radius 1 is 1.53 bits per heavy atom. The minimum absolute atomic E-state index is 0.264. The highest BCUT2D eigenvalue weighted by Gasteiger charge is 2.11. The lowest BCUT2D eigenvalue weighted by Gasteiger charge is -2.05. The molecule has 0 spiro atoms. The molecule has 1 aromatic carbocycles. The second-order valence-corrected chi connectivity index (χ2v) is 4.51. The van der Waals surface area contributed by atoms with Crippen LogP contribution in [0.25, 0.3) is 0 Å². The standard InChI is InChI=1S/C11H7ClFN3S/c1-6-8(5-14)11(17-16-6)15-10-3-2-7(13)4-9(10)12/h2-4,15H,1H3. The van der Waals surface area contributed by atoms with Crippen molar-refractivity contribution in [2.75, 3.05) is 5.32 Å². The molecule has 0 aliphatic carbocycles. The lowest BCUT2D eigenvalue weighted by molar-refractivity contribution is 0.628. The van der Waals surface area contributed by atoms with Gasteiger partial charge in [0.15, 0.2) is 0 Å². The fraction of sp³-hybridized carbons (Fsp3) is 0.0909. The van der Waals surface area contributed by atoms with Crippen LogP contribution in [0.3, 0.4) is 0 Å². The van der Waals surface area contributed by atoms with Crippen LogP contribution in [0.4, 0.5) is 15.1 Å². The van der Waals surface area contributed by atoms with Crippen molar-refractivity contribution in [3.8, 4) is 6.07 Å². The van der Waals surface area contributed by atoms with Gasteiger partial charge in [-0.3, -0.25) is 0 Å². The van der Waals surface area contributed by atoms with Crippen molar-refractivity contribution in [2.24, 2.45) is 0 Å². The molecule has 0 saturated carbocycles. The van der Waals surface area contributed by atoms with Crippen LogP contribution in [-0.2, 0) is 0 Å². The zero-order chi connectivity index (χ0) is 12.4.